The normalized spacial score (nSPS) is 19.6. The summed E-state index contributed by atoms with van der Waals surface area (Å²) >= 11 is 0. The Morgan fingerprint density at radius 1 is 1.44 bits per heavy atom. The molecule has 1 heterocycles. The molecule has 1 aromatic carbocycles. The molecule has 0 aromatic heterocycles. The summed E-state index contributed by atoms with van der Waals surface area (Å²) in [7, 11) is 0. The highest BCUT2D eigenvalue weighted by molar-refractivity contribution is 5.83. The zero-order valence-electron chi connectivity index (χ0n) is 10.8. The first-order valence-electron chi connectivity index (χ1n) is 6.34. The van der Waals surface area contributed by atoms with Crippen LogP contribution in [0.15, 0.2) is 24.3 Å². The van der Waals surface area contributed by atoms with Gasteiger partial charge in [-0.2, -0.15) is 0 Å². The number of hydrogen-bond donors (Lipinski definition) is 3. The Labute approximate surface area is 108 Å². The van der Waals surface area contributed by atoms with Crippen molar-refractivity contribution >= 4 is 5.84 Å². The van der Waals surface area contributed by atoms with Crippen molar-refractivity contribution in [1.29, 1.82) is 5.41 Å². The van der Waals surface area contributed by atoms with Gasteiger partial charge in [0, 0.05) is 12.0 Å². The molecule has 0 unspecified atom stereocenters. The molecule has 18 heavy (non-hydrogen) atoms. The number of aromatic hydroxyl groups is 1. The Morgan fingerprint density at radius 3 is 2.67 bits per heavy atom. The van der Waals surface area contributed by atoms with Crippen molar-refractivity contribution in [3.8, 4) is 5.75 Å². The zero-order valence-corrected chi connectivity index (χ0v) is 10.8. The van der Waals surface area contributed by atoms with Crippen LogP contribution in [0.3, 0.4) is 0 Å². The molecular weight excluding hydrogens is 226 g/mol. The number of phenolic OH excluding ortho intramolecular Hbond substituents is 1. The first-order valence-corrected chi connectivity index (χ1v) is 6.34. The monoisotopic (exact) mass is 247 g/mol. The minimum absolute atomic E-state index is 0.130. The van der Waals surface area contributed by atoms with E-state index in [0.717, 1.165) is 38.0 Å². The van der Waals surface area contributed by atoms with E-state index in [2.05, 4.69) is 11.8 Å². The fourth-order valence-electron chi connectivity index (χ4n) is 2.39. The van der Waals surface area contributed by atoms with Crippen LogP contribution in [0.5, 0.6) is 5.75 Å². The van der Waals surface area contributed by atoms with E-state index in [1.807, 2.05) is 12.1 Å². The second-order valence-electron chi connectivity index (χ2n) is 5.42. The lowest BCUT2D eigenvalue weighted by atomic mass is 9.79. The van der Waals surface area contributed by atoms with Gasteiger partial charge in [0.2, 0.25) is 0 Å². The van der Waals surface area contributed by atoms with Crippen LogP contribution in [0.25, 0.3) is 0 Å². The molecule has 0 amide bonds. The number of amidine groups is 1. The Balaban J connectivity index is 1.93. The number of nitrogens with zero attached hydrogens (tertiary/aromatic N) is 1. The highest BCUT2D eigenvalue weighted by atomic mass is 16.3. The van der Waals surface area contributed by atoms with Crippen molar-refractivity contribution in [3.05, 3.63) is 29.8 Å². The van der Waals surface area contributed by atoms with Crippen LogP contribution in [-0.4, -0.2) is 28.9 Å². The molecule has 1 aliphatic heterocycles. The Hall–Kier alpha value is -1.55. The molecule has 1 aromatic rings. The number of likely N-dealkylation sites (tertiary alicyclic amines) is 1. The number of piperidine rings is 1. The predicted octanol–water partition coefficient (Wildman–Crippen LogP) is 1.93. The molecule has 98 valence electrons. The van der Waals surface area contributed by atoms with Crippen LogP contribution >= 0.6 is 0 Å². The smallest absolute Gasteiger partial charge is 0.115 e. The molecule has 4 nitrogen and oxygen atoms in total. The van der Waals surface area contributed by atoms with Crippen LogP contribution in [0, 0.1) is 10.8 Å². The largest absolute Gasteiger partial charge is 0.508 e. The van der Waals surface area contributed by atoms with Crippen molar-refractivity contribution in [2.45, 2.75) is 26.3 Å². The van der Waals surface area contributed by atoms with Gasteiger partial charge in [-0.15, -0.1) is 0 Å². The minimum atomic E-state index is -0.130. The van der Waals surface area contributed by atoms with Gasteiger partial charge in [-0.05, 0) is 43.6 Å². The lowest BCUT2D eigenvalue weighted by Gasteiger charge is -2.38. The van der Waals surface area contributed by atoms with Gasteiger partial charge >= 0.3 is 0 Å². The maximum Gasteiger partial charge on any atom is 0.115 e. The average Bonchev–Trinajstić information content (AvgIpc) is 2.32. The predicted molar refractivity (Wildman–Crippen MR) is 72.6 cm³/mol. The summed E-state index contributed by atoms with van der Waals surface area (Å²) in [5.41, 5.74) is 6.65. The molecule has 0 atom stereocenters. The molecule has 1 saturated heterocycles. The van der Waals surface area contributed by atoms with E-state index in [9.17, 15) is 5.11 Å². The molecule has 0 aliphatic carbocycles. The number of rotatable bonds is 3. The van der Waals surface area contributed by atoms with Crippen LogP contribution in [0.1, 0.15) is 25.3 Å². The van der Waals surface area contributed by atoms with E-state index in [1.54, 1.807) is 12.1 Å². The summed E-state index contributed by atoms with van der Waals surface area (Å²) in [6, 6.07) is 7.39. The van der Waals surface area contributed by atoms with Crippen LogP contribution < -0.4 is 5.73 Å². The van der Waals surface area contributed by atoms with E-state index in [1.165, 1.54) is 0 Å². The van der Waals surface area contributed by atoms with Crippen molar-refractivity contribution in [2.75, 3.05) is 13.1 Å². The average molecular weight is 247 g/mol. The van der Waals surface area contributed by atoms with E-state index >= 15 is 0 Å². The van der Waals surface area contributed by atoms with E-state index in [4.69, 9.17) is 11.1 Å². The summed E-state index contributed by atoms with van der Waals surface area (Å²) < 4.78 is 0. The first-order chi connectivity index (χ1) is 8.49. The number of hydrogen-bond acceptors (Lipinski definition) is 3. The molecule has 1 aliphatic rings. The SMILES string of the molecule is CC1(C(=N)N)CCN(Cc2cccc(O)c2)CC1. The molecular formula is C14H21N3O. The minimum Gasteiger partial charge on any atom is -0.508 e. The van der Waals surface area contributed by atoms with Crippen LogP contribution in [0.2, 0.25) is 0 Å². The number of benzene rings is 1. The fraction of sp³-hybridized carbons (Fsp3) is 0.500. The Kier molecular flexibility index (Phi) is 3.57. The third-order valence-electron chi connectivity index (χ3n) is 3.93. The summed E-state index contributed by atoms with van der Waals surface area (Å²) in [5.74, 6) is 0.623. The van der Waals surface area contributed by atoms with Crippen molar-refractivity contribution in [2.24, 2.45) is 11.1 Å². The fourth-order valence-corrected chi connectivity index (χ4v) is 2.39. The third-order valence-corrected chi connectivity index (χ3v) is 3.93. The third kappa shape index (κ3) is 2.82. The van der Waals surface area contributed by atoms with Crippen LogP contribution in [-0.2, 0) is 6.54 Å². The lowest BCUT2D eigenvalue weighted by molar-refractivity contribution is 0.156. The molecule has 4 N–H and O–H groups in total. The highest BCUT2D eigenvalue weighted by Gasteiger charge is 2.32. The van der Waals surface area contributed by atoms with Gasteiger partial charge in [-0.3, -0.25) is 10.3 Å². The molecule has 2 rings (SSSR count). The van der Waals surface area contributed by atoms with Gasteiger partial charge < -0.3 is 10.8 Å². The van der Waals surface area contributed by atoms with Gasteiger partial charge in [0.15, 0.2) is 0 Å². The standard InChI is InChI=1S/C14H21N3O/c1-14(13(15)16)5-7-17(8-6-14)10-11-3-2-4-12(18)9-11/h2-4,9,18H,5-8,10H2,1H3,(H3,15,16). The van der Waals surface area contributed by atoms with E-state index in [0.29, 0.717) is 11.6 Å². The van der Waals surface area contributed by atoms with E-state index in [-0.39, 0.29) is 5.41 Å². The highest BCUT2D eigenvalue weighted by Crippen LogP contribution is 2.31. The van der Waals surface area contributed by atoms with Gasteiger partial charge in [-0.25, -0.2) is 0 Å². The molecule has 0 bridgehead atoms. The number of nitrogens with two attached hydrogens (primary N) is 1. The number of nitrogens with one attached hydrogen (secondary N) is 1. The maximum atomic E-state index is 9.44. The van der Waals surface area contributed by atoms with Gasteiger partial charge in [0.05, 0.1) is 5.84 Å². The van der Waals surface area contributed by atoms with Gasteiger partial charge in [-0.1, -0.05) is 19.1 Å². The molecule has 0 radical (unpaired) electrons. The molecule has 1 fully saturated rings. The summed E-state index contributed by atoms with van der Waals surface area (Å²) in [6.07, 6.45) is 1.86. The second-order valence-corrected chi connectivity index (χ2v) is 5.42. The maximum absolute atomic E-state index is 9.44. The summed E-state index contributed by atoms with van der Waals surface area (Å²) in [6.45, 7) is 4.82. The molecule has 4 heteroatoms. The van der Waals surface area contributed by atoms with Crippen molar-refractivity contribution < 1.29 is 5.11 Å². The Morgan fingerprint density at radius 2 is 2.11 bits per heavy atom. The summed E-state index contributed by atoms with van der Waals surface area (Å²) in [5, 5.41) is 17.1. The second kappa shape index (κ2) is 4.98. The first kappa shape index (κ1) is 12.9. The van der Waals surface area contributed by atoms with Crippen molar-refractivity contribution in [3.63, 3.8) is 0 Å². The molecule has 0 spiro atoms. The Bertz CT molecular complexity index is 436. The van der Waals surface area contributed by atoms with Gasteiger partial charge in [0.25, 0.3) is 0 Å². The summed E-state index contributed by atoms with van der Waals surface area (Å²) in [4.78, 5) is 2.35. The van der Waals surface area contributed by atoms with Crippen LogP contribution in [0.4, 0.5) is 0 Å². The zero-order chi connectivity index (χ0) is 13.2. The van der Waals surface area contributed by atoms with Crippen molar-refractivity contribution in [1.82, 2.24) is 4.90 Å². The topological polar surface area (TPSA) is 73.3 Å². The van der Waals surface area contributed by atoms with Gasteiger partial charge in [0.1, 0.15) is 5.75 Å². The number of phenols is 1. The quantitative estimate of drug-likeness (QED) is 0.564. The lowest BCUT2D eigenvalue weighted by Crippen LogP contribution is -2.44. The molecule has 0 saturated carbocycles. The van der Waals surface area contributed by atoms with E-state index < -0.39 is 0 Å².